The third kappa shape index (κ3) is 7.75. The van der Waals surface area contributed by atoms with Crippen LogP contribution in [0.25, 0.3) is 0 Å². The van der Waals surface area contributed by atoms with E-state index in [1.165, 1.54) is 12.2 Å². The predicted octanol–water partition coefficient (Wildman–Crippen LogP) is -3.14. The van der Waals surface area contributed by atoms with Crippen molar-refractivity contribution < 1.29 is 71.0 Å². The minimum Gasteiger partial charge on any atom is -0.333 e. The van der Waals surface area contributed by atoms with Crippen molar-refractivity contribution in [3.8, 4) is 0 Å². The maximum Gasteiger partial charge on any atom is 1.00 e. The van der Waals surface area contributed by atoms with E-state index in [1.54, 1.807) is 24.3 Å². The number of carbonyl (C=O) groups excluding carboxylic acids is 5. The number of aryl methyl sites for hydroxylation is 1. The summed E-state index contributed by atoms with van der Waals surface area (Å²) in [5.74, 6) is -2.60. The number of imide groups is 2. The van der Waals surface area contributed by atoms with Crippen LogP contribution in [0.3, 0.4) is 0 Å². The van der Waals surface area contributed by atoms with Crippen molar-refractivity contribution in [2.45, 2.75) is 25.7 Å². The summed E-state index contributed by atoms with van der Waals surface area (Å²) in [5.41, 5.74) is 1.39. The Bertz CT molecular complexity index is 979. The Morgan fingerprint density at radius 3 is 2.03 bits per heavy atom. The zero-order chi connectivity index (χ0) is 22.3. The summed E-state index contributed by atoms with van der Waals surface area (Å²) in [6, 6.07) is 6.85. The molecule has 13 heteroatoms. The van der Waals surface area contributed by atoms with Gasteiger partial charge in [-0.15, -0.1) is 17.7 Å². The van der Waals surface area contributed by atoms with Crippen LogP contribution in [0, 0.1) is 6.42 Å². The van der Waals surface area contributed by atoms with Crippen molar-refractivity contribution in [3.05, 3.63) is 48.4 Å². The Balaban J connectivity index is 0.000000885. The van der Waals surface area contributed by atoms with Crippen LogP contribution in [0.15, 0.2) is 36.4 Å². The molecule has 3 rings (SSSR count). The fraction of sp³-hybridized carbons (Fsp3) is 0.222. The smallest absolute Gasteiger partial charge is 0.333 e. The van der Waals surface area contributed by atoms with Gasteiger partial charge in [-0.3, -0.25) is 20.8 Å². The third-order valence-corrected chi connectivity index (χ3v) is 3.92. The van der Waals surface area contributed by atoms with Gasteiger partial charge >= 0.3 is 46.1 Å². The first-order chi connectivity index (χ1) is 14.2. The zero-order valence-corrected chi connectivity index (χ0v) is 19.2. The second-order valence-corrected chi connectivity index (χ2v) is 6.38. The fourth-order valence-corrected chi connectivity index (χ4v) is 2.61. The van der Waals surface area contributed by atoms with Crippen LogP contribution in [0.5, 0.6) is 0 Å². The monoisotopic (exact) mass is 458 g/mol. The van der Waals surface area contributed by atoms with E-state index in [2.05, 4.69) is 0 Å². The van der Waals surface area contributed by atoms with E-state index >= 15 is 0 Å². The van der Waals surface area contributed by atoms with Gasteiger partial charge in [0.25, 0.3) is 11.8 Å². The van der Waals surface area contributed by atoms with Gasteiger partial charge < -0.3 is 9.63 Å². The van der Waals surface area contributed by atoms with Crippen molar-refractivity contribution in [2.24, 2.45) is 0 Å². The molecule has 2 aliphatic heterocycles. The van der Waals surface area contributed by atoms with Gasteiger partial charge in [0.05, 0.1) is 5.69 Å². The van der Waals surface area contributed by atoms with Gasteiger partial charge in [-0.2, -0.15) is 0 Å². The zero-order valence-electron chi connectivity index (χ0n) is 16.3. The maximum atomic E-state index is 11.7. The number of anilines is 1. The maximum absolute atomic E-state index is 11.7. The summed E-state index contributed by atoms with van der Waals surface area (Å²) >= 11 is 0. The van der Waals surface area contributed by atoms with Crippen molar-refractivity contribution in [2.75, 3.05) is 4.90 Å². The molecule has 1 aromatic carbocycles. The predicted molar refractivity (Wildman–Crippen MR) is 97.6 cm³/mol. The van der Waals surface area contributed by atoms with Crippen LogP contribution < -0.4 is 34.5 Å². The van der Waals surface area contributed by atoms with E-state index in [0.29, 0.717) is 23.6 Å². The first kappa shape index (κ1) is 26.2. The van der Waals surface area contributed by atoms with Crippen LogP contribution in [-0.4, -0.2) is 47.3 Å². The summed E-state index contributed by atoms with van der Waals surface area (Å²) in [7, 11) is -3.11. The minimum atomic E-state index is -3.11. The summed E-state index contributed by atoms with van der Waals surface area (Å²) < 4.78 is 25.3. The van der Waals surface area contributed by atoms with Crippen LogP contribution in [0.2, 0.25) is 0 Å². The molecule has 0 saturated carbocycles. The molecule has 0 radical (unpaired) electrons. The van der Waals surface area contributed by atoms with Gasteiger partial charge in [0.15, 0.2) is 0 Å². The summed E-state index contributed by atoms with van der Waals surface area (Å²) in [6.45, 7) is 0. The van der Waals surface area contributed by atoms with E-state index in [0.717, 1.165) is 16.9 Å². The summed E-state index contributed by atoms with van der Waals surface area (Å²) in [4.78, 5) is 63.4. The van der Waals surface area contributed by atoms with Crippen molar-refractivity contribution >= 4 is 45.9 Å². The molecule has 1 aromatic rings. The molecule has 0 aromatic heterocycles. The molecule has 4 amide bonds. The molecule has 2 aliphatic rings. The van der Waals surface area contributed by atoms with E-state index in [-0.39, 0.29) is 54.2 Å². The molecule has 0 atom stereocenters. The fourth-order valence-electron chi connectivity index (χ4n) is 2.61. The summed E-state index contributed by atoms with van der Waals surface area (Å²) in [5, 5.41) is 0.481. The number of benzene rings is 1. The van der Waals surface area contributed by atoms with E-state index in [9.17, 15) is 24.0 Å². The molecule has 0 unspecified atom stereocenters. The third-order valence-electron chi connectivity index (χ3n) is 3.92. The van der Waals surface area contributed by atoms with Gasteiger partial charge in [0, 0.05) is 18.6 Å². The van der Waals surface area contributed by atoms with Gasteiger partial charge in [-0.1, -0.05) is 18.6 Å². The molecule has 1 saturated heterocycles. The Hall–Kier alpha value is -2.80. The quantitative estimate of drug-likeness (QED) is 0.245. The number of nitrogens with zero attached hydrogens (tertiary/aromatic N) is 2. The number of hydrogen-bond acceptors (Lipinski definition) is 9. The van der Waals surface area contributed by atoms with E-state index < -0.39 is 28.4 Å². The number of hydroxylamine groups is 2. The van der Waals surface area contributed by atoms with Gasteiger partial charge in [0.1, 0.15) is 5.91 Å². The Kier molecular flexibility index (Phi) is 10.3. The molecule has 0 bridgehead atoms. The molecule has 158 valence electrons. The molecule has 2 heterocycles. The standard InChI is InChI=1S/C18H15N2O6.Na.O3S/c21-14-8-9-15(22)19(14)13-6-4-12(5-7-13)2-1-3-18(25)26-20-16(23)10-11-17(20)24;;1-4(2)3/h4-10H,1-3,11H2;;/q-1;+1;. The van der Waals surface area contributed by atoms with Gasteiger partial charge in [0.2, 0.25) is 5.91 Å². The molecule has 0 spiro atoms. The topological polar surface area (TPSA) is 152 Å². The average molecular weight is 458 g/mol. The van der Waals surface area contributed by atoms with Crippen LogP contribution in [0.1, 0.15) is 24.8 Å². The Morgan fingerprint density at radius 2 is 1.55 bits per heavy atom. The Labute approximate surface area is 200 Å². The molecule has 11 nitrogen and oxygen atoms in total. The molecule has 0 aliphatic carbocycles. The van der Waals surface area contributed by atoms with E-state index in [1.807, 2.05) is 0 Å². The van der Waals surface area contributed by atoms with Gasteiger partial charge in [-0.05, 0) is 30.5 Å². The molecule has 31 heavy (non-hydrogen) atoms. The largest absolute Gasteiger partial charge is 1.00 e. The van der Waals surface area contributed by atoms with Gasteiger partial charge in [-0.25, -0.2) is 9.69 Å². The average Bonchev–Trinajstić information content (AvgIpc) is 3.17. The van der Waals surface area contributed by atoms with E-state index in [4.69, 9.17) is 17.5 Å². The van der Waals surface area contributed by atoms with Crippen molar-refractivity contribution in [1.82, 2.24) is 5.06 Å². The molecule has 0 N–H and O–H groups in total. The Morgan fingerprint density at radius 1 is 1.00 bits per heavy atom. The molecular formula is C18H15N2NaO9S. The normalized spacial score (nSPS) is 14.6. The number of rotatable bonds is 6. The summed E-state index contributed by atoms with van der Waals surface area (Å²) in [6.07, 6.45) is 4.60. The van der Waals surface area contributed by atoms with Crippen molar-refractivity contribution in [1.29, 1.82) is 0 Å². The minimum absolute atomic E-state index is 0. The van der Waals surface area contributed by atoms with Crippen LogP contribution in [-0.2, 0) is 45.8 Å². The number of hydrogen-bond donors (Lipinski definition) is 0. The SMILES string of the molecule is O=C(CCCc1ccc(N2C(=O)C=CC2=O)cc1)ON1C(=O)[CH-]CC1=O.O=S(=O)=O.[Na+]. The first-order valence-electron chi connectivity index (χ1n) is 8.51. The molecule has 1 fully saturated rings. The second kappa shape index (κ2) is 12.2. The molecular weight excluding hydrogens is 443 g/mol. The second-order valence-electron chi connectivity index (χ2n) is 5.97. The van der Waals surface area contributed by atoms with Crippen LogP contribution >= 0.6 is 0 Å². The van der Waals surface area contributed by atoms with Crippen molar-refractivity contribution in [3.63, 3.8) is 0 Å². The first-order valence-corrected chi connectivity index (χ1v) is 9.51. The van der Waals surface area contributed by atoms with Crippen LogP contribution in [0.4, 0.5) is 5.69 Å². The number of amides is 4. The number of carbonyl (C=O) groups is 5.